The van der Waals surface area contributed by atoms with Crippen molar-refractivity contribution in [3.63, 3.8) is 0 Å². The monoisotopic (exact) mass is 560 g/mol. The number of methoxy groups -OCH3 is 2. The Labute approximate surface area is 222 Å². The van der Waals surface area contributed by atoms with Crippen molar-refractivity contribution in [2.75, 3.05) is 33.1 Å². The summed E-state index contributed by atoms with van der Waals surface area (Å²) in [6.45, 7) is 4.84. The largest absolute Gasteiger partial charge is 0.496 e. The zero-order valence-corrected chi connectivity index (χ0v) is 22.4. The molecule has 0 aliphatic carbocycles. The van der Waals surface area contributed by atoms with Gasteiger partial charge in [-0.3, -0.25) is 24.2 Å². The molecule has 1 aromatic rings. The van der Waals surface area contributed by atoms with Gasteiger partial charge < -0.3 is 14.6 Å². The highest BCUT2D eigenvalue weighted by atomic mass is 32.2. The first-order chi connectivity index (χ1) is 17.9. The quantitative estimate of drug-likeness (QED) is 0.317. The molecule has 3 heterocycles. The van der Waals surface area contributed by atoms with Crippen LogP contribution in [0.4, 0.5) is 13.2 Å². The predicted molar refractivity (Wildman–Crippen MR) is 131 cm³/mol. The fraction of sp³-hybridized carbons (Fsp3) is 0.600. The average Bonchev–Trinajstić information content (AvgIpc) is 3.33. The number of hydrogen-bond donors (Lipinski definition) is 1. The number of fused-ring (bicyclic) bond motifs is 3. The number of likely N-dealkylation sites (tertiary alicyclic amines) is 1. The molecular formula is C25H31F3N2O7S. The summed E-state index contributed by atoms with van der Waals surface area (Å²) in [6.07, 6.45) is -2.82. The van der Waals surface area contributed by atoms with Crippen molar-refractivity contribution >= 4 is 35.5 Å². The number of rotatable bonds is 6. The Kier molecular flexibility index (Phi) is 9.02. The van der Waals surface area contributed by atoms with Crippen molar-refractivity contribution in [3.8, 4) is 5.75 Å². The minimum absolute atomic E-state index is 0.189. The average molecular weight is 561 g/mol. The van der Waals surface area contributed by atoms with Gasteiger partial charge in [0.25, 0.3) is 0 Å². The number of nitrogens with zero attached hydrogens (tertiary/aromatic N) is 2. The molecule has 9 nitrogen and oxygen atoms in total. The van der Waals surface area contributed by atoms with Gasteiger partial charge in [-0.25, -0.2) is 4.79 Å². The van der Waals surface area contributed by atoms with Crippen LogP contribution in [0.15, 0.2) is 23.1 Å². The Morgan fingerprint density at radius 1 is 1.16 bits per heavy atom. The second-order valence-corrected chi connectivity index (χ2v) is 10.4. The molecule has 0 saturated carbocycles. The summed E-state index contributed by atoms with van der Waals surface area (Å²) in [5.74, 6) is -3.25. The standard InChI is InChI=1S/C23H30N2O5S.C2HF3O2/c1-5-24-20(26)17-18(21(24)27)23(22(28)30-4)11-7-8-12-25(23)19(17)14-9-10-16(31-6-2)15(13-14)29-3;3-2(4,5)1(6)7/h9-10,13,17-19H,5-8,11-12H2,1-4H3;(H,6,7)/t17?,18?,19?,23-;/m0./s1. The van der Waals surface area contributed by atoms with Crippen LogP contribution in [-0.2, 0) is 23.9 Å². The molecule has 0 radical (unpaired) electrons. The number of hydrogen-bond acceptors (Lipinski definition) is 8. The van der Waals surface area contributed by atoms with E-state index in [1.165, 1.54) is 12.0 Å². The summed E-state index contributed by atoms with van der Waals surface area (Å²) in [7, 11) is 3.00. The maximum Gasteiger partial charge on any atom is 0.490 e. The molecule has 13 heteroatoms. The van der Waals surface area contributed by atoms with E-state index in [2.05, 4.69) is 11.8 Å². The molecule has 4 rings (SSSR count). The number of piperidine rings is 1. The summed E-state index contributed by atoms with van der Waals surface area (Å²) in [6, 6.07) is 5.62. The van der Waals surface area contributed by atoms with Crippen LogP contribution in [0.1, 0.15) is 44.7 Å². The molecule has 1 N–H and O–H groups in total. The van der Waals surface area contributed by atoms with Crippen LogP contribution in [0.2, 0.25) is 0 Å². The normalized spacial score (nSPS) is 26.8. The van der Waals surface area contributed by atoms with E-state index in [1.807, 2.05) is 18.2 Å². The lowest BCUT2D eigenvalue weighted by Gasteiger charge is -2.44. The molecule has 3 aliphatic rings. The Bertz CT molecular complexity index is 1100. The number of alkyl halides is 3. The lowest BCUT2D eigenvalue weighted by molar-refractivity contribution is -0.192. The van der Waals surface area contributed by atoms with E-state index in [0.717, 1.165) is 34.8 Å². The number of benzene rings is 1. The summed E-state index contributed by atoms with van der Waals surface area (Å²) < 4.78 is 42.6. The fourth-order valence-electron chi connectivity index (χ4n) is 5.87. The summed E-state index contributed by atoms with van der Waals surface area (Å²) >= 11 is 1.69. The number of imide groups is 1. The Hall–Kier alpha value is -2.80. The SMILES string of the molecule is CCSc1ccc(C2C3C(=O)N(CC)C(=O)C3[C@]3(C(=O)OC)CCCCN23)cc1OC.O=C(O)C(F)(F)F. The van der Waals surface area contributed by atoms with Gasteiger partial charge in [0, 0.05) is 17.5 Å². The minimum atomic E-state index is -5.08. The topological polar surface area (TPSA) is 113 Å². The van der Waals surface area contributed by atoms with Crippen LogP contribution in [0.5, 0.6) is 5.75 Å². The van der Waals surface area contributed by atoms with Crippen LogP contribution in [0.3, 0.4) is 0 Å². The van der Waals surface area contributed by atoms with E-state index in [1.54, 1.807) is 25.8 Å². The van der Waals surface area contributed by atoms with Gasteiger partial charge in [0.05, 0.1) is 26.1 Å². The number of carbonyl (C=O) groups is 4. The number of carbonyl (C=O) groups excluding carboxylic acids is 3. The first kappa shape index (κ1) is 29.8. The van der Waals surface area contributed by atoms with Gasteiger partial charge in [-0.2, -0.15) is 13.2 Å². The predicted octanol–water partition coefficient (Wildman–Crippen LogP) is 3.51. The van der Waals surface area contributed by atoms with E-state index in [0.29, 0.717) is 19.5 Å². The number of esters is 1. The molecule has 3 fully saturated rings. The third-order valence-corrected chi connectivity index (χ3v) is 8.22. The Balaban J connectivity index is 0.000000505. The lowest BCUT2D eigenvalue weighted by Crippen LogP contribution is -2.59. The molecule has 210 valence electrons. The molecule has 0 spiro atoms. The van der Waals surface area contributed by atoms with Crippen molar-refractivity contribution in [3.05, 3.63) is 23.8 Å². The number of halogens is 3. The highest BCUT2D eigenvalue weighted by Gasteiger charge is 2.72. The van der Waals surface area contributed by atoms with Crippen LogP contribution in [0.25, 0.3) is 0 Å². The first-order valence-corrected chi connectivity index (χ1v) is 13.2. The van der Waals surface area contributed by atoms with Gasteiger partial charge in [-0.15, -0.1) is 11.8 Å². The maximum atomic E-state index is 13.4. The maximum absolute atomic E-state index is 13.4. The third-order valence-electron chi connectivity index (χ3n) is 7.28. The molecule has 3 aliphatic heterocycles. The van der Waals surface area contributed by atoms with E-state index >= 15 is 0 Å². The summed E-state index contributed by atoms with van der Waals surface area (Å²) in [5, 5.41) is 7.12. The highest BCUT2D eigenvalue weighted by Crippen LogP contribution is 2.58. The van der Waals surface area contributed by atoms with Crippen molar-refractivity contribution < 1.29 is 46.9 Å². The number of carboxylic acid groups (broad SMARTS) is 1. The van der Waals surface area contributed by atoms with Gasteiger partial charge in [0.1, 0.15) is 11.3 Å². The van der Waals surface area contributed by atoms with E-state index in [9.17, 15) is 27.6 Å². The van der Waals surface area contributed by atoms with Gasteiger partial charge in [0.15, 0.2) is 0 Å². The zero-order chi connectivity index (χ0) is 28.4. The first-order valence-electron chi connectivity index (χ1n) is 12.2. The molecule has 0 bridgehead atoms. The number of ether oxygens (including phenoxy) is 2. The smallest absolute Gasteiger partial charge is 0.490 e. The fourth-order valence-corrected chi connectivity index (χ4v) is 6.63. The van der Waals surface area contributed by atoms with Crippen LogP contribution in [0, 0.1) is 11.8 Å². The molecule has 4 atom stereocenters. The van der Waals surface area contributed by atoms with Crippen LogP contribution in [-0.4, -0.2) is 83.4 Å². The van der Waals surface area contributed by atoms with Crippen molar-refractivity contribution in [2.24, 2.45) is 11.8 Å². The highest BCUT2D eigenvalue weighted by molar-refractivity contribution is 7.99. The lowest BCUT2D eigenvalue weighted by atomic mass is 9.75. The van der Waals surface area contributed by atoms with Crippen molar-refractivity contribution in [1.82, 2.24) is 9.80 Å². The molecular weight excluding hydrogens is 529 g/mol. The van der Waals surface area contributed by atoms with Crippen LogP contribution < -0.4 is 4.74 Å². The second kappa shape index (κ2) is 11.5. The molecule has 3 unspecified atom stereocenters. The van der Waals surface area contributed by atoms with Crippen molar-refractivity contribution in [2.45, 2.75) is 55.8 Å². The Morgan fingerprint density at radius 3 is 2.34 bits per heavy atom. The molecule has 38 heavy (non-hydrogen) atoms. The van der Waals surface area contributed by atoms with E-state index in [4.69, 9.17) is 19.4 Å². The molecule has 2 amide bonds. The van der Waals surface area contributed by atoms with E-state index in [-0.39, 0.29) is 17.9 Å². The molecule has 3 saturated heterocycles. The summed E-state index contributed by atoms with van der Waals surface area (Å²) in [4.78, 5) is 53.4. The number of carboxylic acids is 1. The molecule has 0 aromatic heterocycles. The Morgan fingerprint density at radius 2 is 1.82 bits per heavy atom. The molecule has 1 aromatic carbocycles. The minimum Gasteiger partial charge on any atom is -0.496 e. The number of aliphatic carboxylic acids is 1. The zero-order valence-electron chi connectivity index (χ0n) is 21.5. The van der Waals surface area contributed by atoms with Crippen LogP contribution >= 0.6 is 11.8 Å². The van der Waals surface area contributed by atoms with E-state index < -0.39 is 35.5 Å². The number of amides is 2. The van der Waals surface area contributed by atoms with Gasteiger partial charge in [-0.1, -0.05) is 13.0 Å². The van der Waals surface area contributed by atoms with Gasteiger partial charge in [0.2, 0.25) is 11.8 Å². The number of thioether (sulfide) groups is 1. The van der Waals surface area contributed by atoms with Gasteiger partial charge >= 0.3 is 18.1 Å². The summed E-state index contributed by atoms with van der Waals surface area (Å²) in [5.41, 5.74) is -0.192. The second-order valence-electron chi connectivity index (χ2n) is 9.08. The van der Waals surface area contributed by atoms with Gasteiger partial charge in [-0.05, 0) is 56.2 Å². The van der Waals surface area contributed by atoms with Crippen molar-refractivity contribution in [1.29, 1.82) is 0 Å². The third kappa shape index (κ3) is 4.97.